The minimum absolute atomic E-state index is 0. The predicted molar refractivity (Wildman–Crippen MR) is 115 cm³/mol. The first-order valence-electron chi connectivity index (χ1n) is 8.94. The summed E-state index contributed by atoms with van der Waals surface area (Å²) in [5, 5.41) is 0. The van der Waals surface area contributed by atoms with Gasteiger partial charge in [0.15, 0.2) is 5.96 Å². The Kier molecular flexibility index (Phi) is 6.29. The SMILES string of the molecule is I.NC(=NC1CC1Cc1ccccc1)N1CCN(c2ncccn2)CC1. The van der Waals surface area contributed by atoms with Crippen LogP contribution < -0.4 is 10.6 Å². The van der Waals surface area contributed by atoms with Gasteiger partial charge in [-0.25, -0.2) is 15.0 Å². The minimum Gasteiger partial charge on any atom is -0.370 e. The minimum atomic E-state index is 0. The summed E-state index contributed by atoms with van der Waals surface area (Å²) in [4.78, 5) is 17.8. The molecule has 1 aromatic carbocycles. The number of benzene rings is 1. The number of halogens is 1. The van der Waals surface area contributed by atoms with Gasteiger partial charge in [-0.3, -0.25) is 0 Å². The first-order valence-corrected chi connectivity index (χ1v) is 8.94. The fourth-order valence-corrected chi connectivity index (χ4v) is 3.37. The Balaban J connectivity index is 0.00000196. The van der Waals surface area contributed by atoms with Crippen LogP contribution in [0.3, 0.4) is 0 Å². The first-order chi connectivity index (χ1) is 12.3. The number of aromatic nitrogens is 2. The van der Waals surface area contributed by atoms with Crippen LogP contribution in [-0.2, 0) is 6.42 Å². The highest BCUT2D eigenvalue weighted by molar-refractivity contribution is 14.0. The monoisotopic (exact) mass is 464 g/mol. The standard InChI is InChI=1S/C19H24N6.HI/c20-18(23-17-14-16(17)13-15-5-2-1-3-6-15)24-9-11-25(12-10-24)19-21-7-4-8-22-19;/h1-8,16-17H,9-14H2,(H2,20,23);1H. The normalized spacial score (nSPS) is 22.7. The summed E-state index contributed by atoms with van der Waals surface area (Å²) in [6, 6.07) is 12.9. The lowest BCUT2D eigenvalue weighted by Gasteiger charge is -2.35. The molecule has 1 saturated heterocycles. The van der Waals surface area contributed by atoms with E-state index in [0.29, 0.717) is 17.9 Å². The van der Waals surface area contributed by atoms with E-state index in [4.69, 9.17) is 10.7 Å². The van der Waals surface area contributed by atoms with Crippen LogP contribution in [0.4, 0.5) is 5.95 Å². The number of aliphatic imine (C=N–C) groups is 1. The number of anilines is 1. The number of rotatable bonds is 4. The number of nitrogens with two attached hydrogens (primary N) is 1. The molecule has 1 aliphatic carbocycles. The van der Waals surface area contributed by atoms with Crippen LogP contribution in [0.2, 0.25) is 0 Å². The molecule has 2 N–H and O–H groups in total. The highest BCUT2D eigenvalue weighted by Crippen LogP contribution is 2.37. The third-order valence-electron chi connectivity index (χ3n) is 4.96. The van der Waals surface area contributed by atoms with Gasteiger partial charge in [-0.1, -0.05) is 30.3 Å². The molecule has 1 saturated carbocycles. The van der Waals surface area contributed by atoms with Gasteiger partial charge in [0.05, 0.1) is 6.04 Å². The highest BCUT2D eigenvalue weighted by atomic mass is 127. The van der Waals surface area contributed by atoms with E-state index in [-0.39, 0.29) is 24.0 Å². The van der Waals surface area contributed by atoms with E-state index in [1.54, 1.807) is 12.4 Å². The van der Waals surface area contributed by atoms with Gasteiger partial charge in [0.1, 0.15) is 0 Å². The molecule has 6 nitrogen and oxygen atoms in total. The second-order valence-corrected chi connectivity index (χ2v) is 6.76. The van der Waals surface area contributed by atoms with E-state index < -0.39 is 0 Å². The maximum Gasteiger partial charge on any atom is 0.225 e. The molecule has 0 spiro atoms. The van der Waals surface area contributed by atoms with Gasteiger partial charge in [0.25, 0.3) is 0 Å². The van der Waals surface area contributed by atoms with Crippen LogP contribution in [-0.4, -0.2) is 53.0 Å². The molecule has 2 fully saturated rings. The molecule has 1 aromatic heterocycles. The zero-order chi connectivity index (χ0) is 17.1. The number of hydrogen-bond acceptors (Lipinski definition) is 4. The molecular formula is C19H25IN6. The van der Waals surface area contributed by atoms with Crippen molar-refractivity contribution in [3.8, 4) is 0 Å². The Labute approximate surface area is 171 Å². The topological polar surface area (TPSA) is 70.6 Å². The molecule has 2 unspecified atom stereocenters. The Hall–Kier alpha value is -1.90. The van der Waals surface area contributed by atoms with E-state index in [0.717, 1.165) is 45.0 Å². The Bertz CT molecular complexity index is 715. The van der Waals surface area contributed by atoms with Gasteiger partial charge < -0.3 is 15.5 Å². The fraction of sp³-hybridized carbons (Fsp3) is 0.421. The predicted octanol–water partition coefficient (Wildman–Crippen LogP) is 2.16. The van der Waals surface area contributed by atoms with E-state index in [1.165, 1.54) is 5.56 Å². The molecule has 2 atom stereocenters. The van der Waals surface area contributed by atoms with Crippen molar-refractivity contribution in [3.05, 3.63) is 54.4 Å². The number of piperazine rings is 1. The molecule has 0 bridgehead atoms. The Morgan fingerprint density at radius 3 is 2.42 bits per heavy atom. The van der Waals surface area contributed by atoms with Crippen molar-refractivity contribution >= 4 is 35.9 Å². The lowest BCUT2D eigenvalue weighted by molar-refractivity contribution is 0.377. The third kappa shape index (κ3) is 4.63. The van der Waals surface area contributed by atoms with E-state index in [9.17, 15) is 0 Å². The largest absolute Gasteiger partial charge is 0.370 e. The third-order valence-corrected chi connectivity index (χ3v) is 4.96. The van der Waals surface area contributed by atoms with Crippen molar-refractivity contribution in [2.24, 2.45) is 16.6 Å². The molecule has 26 heavy (non-hydrogen) atoms. The second kappa shape index (κ2) is 8.66. The van der Waals surface area contributed by atoms with Gasteiger partial charge >= 0.3 is 0 Å². The van der Waals surface area contributed by atoms with Gasteiger partial charge in [-0.2, -0.15) is 0 Å². The van der Waals surface area contributed by atoms with Crippen molar-refractivity contribution in [1.82, 2.24) is 14.9 Å². The zero-order valence-corrected chi connectivity index (χ0v) is 17.1. The molecule has 1 aliphatic heterocycles. The van der Waals surface area contributed by atoms with E-state index >= 15 is 0 Å². The highest BCUT2D eigenvalue weighted by Gasteiger charge is 2.37. The molecule has 138 valence electrons. The molecule has 2 heterocycles. The average Bonchev–Trinajstić information content (AvgIpc) is 3.40. The summed E-state index contributed by atoms with van der Waals surface area (Å²) in [7, 11) is 0. The summed E-state index contributed by atoms with van der Waals surface area (Å²) >= 11 is 0. The molecular weight excluding hydrogens is 439 g/mol. The van der Waals surface area contributed by atoms with Crippen molar-refractivity contribution in [3.63, 3.8) is 0 Å². The van der Waals surface area contributed by atoms with Crippen LogP contribution in [0, 0.1) is 5.92 Å². The summed E-state index contributed by atoms with van der Waals surface area (Å²) in [6.07, 6.45) is 5.81. The summed E-state index contributed by atoms with van der Waals surface area (Å²) in [5.74, 6) is 2.12. The molecule has 2 aromatic rings. The Morgan fingerprint density at radius 1 is 1.04 bits per heavy atom. The second-order valence-electron chi connectivity index (χ2n) is 6.76. The van der Waals surface area contributed by atoms with E-state index in [1.807, 2.05) is 6.07 Å². The Morgan fingerprint density at radius 2 is 1.73 bits per heavy atom. The van der Waals surface area contributed by atoms with Gasteiger partial charge in [-0.15, -0.1) is 24.0 Å². The van der Waals surface area contributed by atoms with Gasteiger partial charge in [-0.05, 0) is 30.4 Å². The first kappa shape index (κ1) is 18.9. The number of guanidine groups is 1. The van der Waals surface area contributed by atoms with Crippen LogP contribution in [0.15, 0.2) is 53.8 Å². The quantitative estimate of drug-likeness (QED) is 0.427. The van der Waals surface area contributed by atoms with Crippen LogP contribution in [0.1, 0.15) is 12.0 Å². The molecule has 7 heteroatoms. The number of hydrogen-bond donors (Lipinski definition) is 1. The van der Waals surface area contributed by atoms with Crippen LogP contribution >= 0.6 is 24.0 Å². The maximum absolute atomic E-state index is 6.26. The average molecular weight is 464 g/mol. The van der Waals surface area contributed by atoms with Gasteiger partial charge in [0.2, 0.25) is 5.95 Å². The summed E-state index contributed by atoms with van der Waals surface area (Å²) in [6.45, 7) is 3.48. The molecule has 0 amide bonds. The smallest absolute Gasteiger partial charge is 0.225 e. The fourth-order valence-electron chi connectivity index (χ4n) is 3.37. The maximum atomic E-state index is 6.26. The van der Waals surface area contributed by atoms with Crippen LogP contribution in [0.25, 0.3) is 0 Å². The lowest BCUT2D eigenvalue weighted by Crippen LogP contribution is -2.51. The molecule has 4 rings (SSSR count). The molecule has 2 aliphatic rings. The summed E-state index contributed by atoms with van der Waals surface area (Å²) < 4.78 is 0. The van der Waals surface area contributed by atoms with Crippen molar-refractivity contribution in [1.29, 1.82) is 0 Å². The summed E-state index contributed by atoms with van der Waals surface area (Å²) in [5.41, 5.74) is 7.64. The van der Waals surface area contributed by atoms with Crippen molar-refractivity contribution in [2.45, 2.75) is 18.9 Å². The van der Waals surface area contributed by atoms with Gasteiger partial charge in [0, 0.05) is 38.6 Å². The number of nitrogens with zero attached hydrogens (tertiary/aromatic N) is 5. The zero-order valence-electron chi connectivity index (χ0n) is 14.7. The van der Waals surface area contributed by atoms with Crippen molar-refractivity contribution < 1.29 is 0 Å². The molecule has 0 radical (unpaired) electrons. The lowest BCUT2D eigenvalue weighted by atomic mass is 10.1. The van der Waals surface area contributed by atoms with E-state index in [2.05, 4.69) is 50.1 Å². The van der Waals surface area contributed by atoms with Crippen LogP contribution in [0.5, 0.6) is 0 Å². The van der Waals surface area contributed by atoms with Crippen molar-refractivity contribution in [2.75, 3.05) is 31.1 Å².